The maximum Gasteiger partial charge on any atom is 0.295 e. The lowest BCUT2D eigenvalue weighted by atomic mass is 10.2. The van der Waals surface area contributed by atoms with Crippen molar-refractivity contribution in [2.45, 2.75) is 6.92 Å². The molecule has 1 heterocycles. The highest BCUT2D eigenvalue weighted by Gasteiger charge is 2.17. The van der Waals surface area contributed by atoms with Gasteiger partial charge in [0.25, 0.3) is 5.56 Å². The number of nitrogens with one attached hydrogen (secondary N) is 1. The standard InChI is InChI=1S/C20H18FN3O2/c1-14-19(20(26)24(23(14)2)17-9-4-3-5-10-17)22-18(25)12-11-15-7-6-8-16(21)13-15/h3-13H,1-2H3,(H,22,25)/b12-11-. The van der Waals surface area contributed by atoms with Crippen LogP contribution in [0.3, 0.4) is 0 Å². The van der Waals surface area contributed by atoms with E-state index >= 15 is 0 Å². The minimum absolute atomic E-state index is 0.213. The molecule has 132 valence electrons. The molecule has 0 aliphatic rings. The fraction of sp³-hybridized carbons (Fsp3) is 0.100. The van der Waals surface area contributed by atoms with Crippen LogP contribution in [0.1, 0.15) is 11.3 Å². The Morgan fingerprint density at radius 2 is 1.85 bits per heavy atom. The predicted molar refractivity (Wildman–Crippen MR) is 99.8 cm³/mol. The molecule has 0 spiro atoms. The Morgan fingerprint density at radius 1 is 1.12 bits per heavy atom. The molecular formula is C20H18FN3O2. The van der Waals surface area contributed by atoms with E-state index in [1.807, 2.05) is 30.3 Å². The second-order valence-electron chi connectivity index (χ2n) is 5.81. The van der Waals surface area contributed by atoms with Crippen LogP contribution in [-0.4, -0.2) is 15.3 Å². The fourth-order valence-corrected chi connectivity index (χ4v) is 2.66. The average Bonchev–Trinajstić information content (AvgIpc) is 2.84. The lowest BCUT2D eigenvalue weighted by molar-refractivity contribution is -0.111. The van der Waals surface area contributed by atoms with Crippen molar-refractivity contribution in [3.05, 3.63) is 88.1 Å². The van der Waals surface area contributed by atoms with Gasteiger partial charge in [0.15, 0.2) is 0 Å². The summed E-state index contributed by atoms with van der Waals surface area (Å²) < 4.78 is 16.3. The normalized spacial score (nSPS) is 11.0. The molecule has 26 heavy (non-hydrogen) atoms. The van der Waals surface area contributed by atoms with Crippen molar-refractivity contribution in [1.82, 2.24) is 9.36 Å². The second-order valence-corrected chi connectivity index (χ2v) is 5.81. The van der Waals surface area contributed by atoms with Crippen LogP contribution in [0.5, 0.6) is 0 Å². The van der Waals surface area contributed by atoms with E-state index < -0.39 is 5.91 Å². The number of nitrogens with zero attached hydrogens (tertiary/aromatic N) is 2. The molecule has 1 amide bonds. The van der Waals surface area contributed by atoms with Crippen LogP contribution in [-0.2, 0) is 11.8 Å². The number of anilines is 1. The first-order valence-corrected chi connectivity index (χ1v) is 8.06. The zero-order valence-corrected chi connectivity index (χ0v) is 14.4. The maximum atomic E-state index is 13.2. The van der Waals surface area contributed by atoms with Crippen molar-refractivity contribution in [2.24, 2.45) is 7.05 Å². The number of rotatable bonds is 4. The van der Waals surface area contributed by atoms with Crippen molar-refractivity contribution in [2.75, 3.05) is 5.32 Å². The zero-order valence-electron chi connectivity index (χ0n) is 14.4. The molecule has 2 aromatic carbocycles. The molecule has 0 radical (unpaired) electrons. The molecule has 0 atom stereocenters. The molecule has 0 saturated heterocycles. The van der Waals surface area contributed by atoms with Gasteiger partial charge in [-0.2, -0.15) is 0 Å². The van der Waals surface area contributed by atoms with Crippen molar-refractivity contribution >= 4 is 17.7 Å². The van der Waals surface area contributed by atoms with Crippen LogP contribution in [0, 0.1) is 12.7 Å². The third-order valence-electron chi connectivity index (χ3n) is 4.08. The van der Waals surface area contributed by atoms with Gasteiger partial charge in [-0.25, -0.2) is 9.07 Å². The van der Waals surface area contributed by atoms with Crippen LogP contribution in [0.25, 0.3) is 11.8 Å². The summed E-state index contributed by atoms with van der Waals surface area (Å²) in [7, 11) is 1.75. The molecule has 0 bridgehead atoms. The van der Waals surface area contributed by atoms with E-state index in [0.717, 1.165) is 0 Å². The van der Waals surface area contributed by atoms with E-state index in [2.05, 4.69) is 5.32 Å². The fourth-order valence-electron chi connectivity index (χ4n) is 2.66. The van der Waals surface area contributed by atoms with Crippen molar-refractivity contribution in [3.63, 3.8) is 0 Å². The number of carbonyl (C=O) groups excluding carboxylic acids is 1. The smallest absolute Gasteiger partial charge is 0.295 e. The van der Waals surface area contributed by atoms with E-state index in [1.165, 1.54) is 29.0 Å². The van der Waals surface area contributed by atoms with Gasteiger partial charge in [0, 0.05) is 13.1 Å². The van der Waals surface area contributed by atoms with E-state index in [1.54, 1.807) is 30.8 Å². The monoisotopic (exact) mass is 351 g/mol. The van der Waals surface area contributed by atoms with Crippen molar-refractivity contribution < 1.29 is 9.18 Å². The number of amides is 1. The lowest BCUT2D eigenvalue weighted by Crippen LogP contribution is -2.22. The van der Waals surface area contributed by atoms with Gasteiger partial charge in [0.1, 0.15) is 11.5 Å². The molecule has 3 aromatic rings. The number of carbonyl (C=O) groups is 1. The second kappa shape index (κ2) is 7.23. The van der Waals surface area contributed by atoms with Crippen LogP contribution in [0.15, 0.2) is 65.5 Å². The number of para-hydroxylation sites is 1. The first kappa shape index (κ1) is 17.4. The van der Waals surface area contributed by atoms with Crippen LogP contribution < -0.4 is 10.9 Å². The van der Waals surface area contributed by atoms with E-state index in [0.29, 0.717) is 16.9 Å². The quantitative estimate of drug-likeness (QED) is 0.734. The maximum absolute atomic E-state index is 13.2. The molecule has 1 N–H and O–H groups in total. The molecular weight excluding hydrogens is 333 g/mol. The first-order valence-electron chi connectivity index (χ1n) is 8.06. The summed E-state index contributed by atoms with van der Waals surface area (Å²) >= 11 is 0. The van der Waals surface area contributed by atoms with Crippen LogP contribution >= 0.6 is 0 Å². The number of aromatic nitrogens is 2. The van der Waals surface area contributed by atoms with Gasteiger partial charge < -0.3 is 5.32 Å². The minimum Gasteiger partial charge on any atom is -0.316 e. The molecule has 1 aromatic heterocycles. The highest BCUT2D eigenvalue weighted by atomic mass is 19.1. The zero-order chi connectivity index (χ0) is 18.7. The number of hydrogen-bond acceptors (Lipinski definition) is 2. The largest absolute Gasteiger partial charge is 0.316 e. The first-order chi connectivity index (χ1) is 12.5. The van der Waals surface area contributed by atoms with E-state index in [-0.39, 0.29) is 17.1 Å². The molecule has 0 saturated carbocycles. The summed E-state index contributed by atoms with van der Waals surface area (Å²) in [5.41, 5.74) is 1.80. The minimum atomic E-state index is -0.458. The van der Waals surface area contributed by atoms with Crippen LogP contribution in [0.4, 0.5) is 10.1 Å². The van der Waals surface area contributed by atoms with Crippen molar-refractivity contribution in [1.29, 1.82) is 0 Å². The van der Waals surface area contributed by atoms with Gasteiger partial charge in [-0.3, -0.25) is 14.3 Å². The molecule has 6 heteroatoms. The molecule has 3 rings (SSSR count). The van der Waals surface area contributed by atoms with Gasteiger partial charge in [-0.05, 0) is 42.8 Å². The summed E-state index contributed by atoms with van der Waals surface area (Å²) in [4.78, 5) is 24.9. The number of hydrogen-bond donors (Lipinski definition) is 1. The van der Waals surface area contributed by atoms with Gasteiger partial charge in [0.2, 0.25) is 5.91 Å². The molecule has 0 unspecified atom stereocenters. The third kappa shape index (κ3) is 3.49. The highest BCUT2D eigenvalue weighted by molar-refractivity contribution is 6.02. The summed E-state index contributed by atoms with van der Waals surface area (Å²) in [5.74, 6) is -0.836. The Balaban J connectivity index is 1.86. The summed E-state index contributed by atoms with van der Waals surface area (Å²) in [6.07, 6.45) is 2.76. The molecule has 0 aliphatic heterocycles. The SMILES string of the molecule is Cc1c(NC(=O)/C=C\c2cccc(F)c2)c(=O)n(-c2ccccc2)n1C. The molecule has 0 fully saturated rings. The van der Waals surface area contributed by atoms with Gasteiger partial charge in [-0.1, -0.05) is 30.3 Å². The predicted octanol–water partition coefficient (Wildman–Crippen LogP) is 3.28. The van der Waals surface area contributed by atoms with E-state index in [9.17, 15) is 14.0 Å². The Bertz CT molecular complexity index is 1030. The number of benzene rings is 2. The summed E-state index contributed by atoms with van der Waals surface area (Å²) in [6.45, 7) is 1.76. The Kier molecular flexibility index (Phi) is 4.84. The van der Waals surface area contributed by atoms with E-state index in [4.69, 9.17) is 0 Å². The summed E-state index contributed by atoms with van der Waals surface area (Å²) in [6, 6.07) is 15.1. The lowest BCUT2D eigenvalue weighted by Gasteiger charge is -2.07. The molecule has 0 aliphatic carbocycles. The van der Waals surface area contributed by atoms with Crippen LogP contribution in [0.2, 0.25) is 0 Å². The van der Waals surface area contributed by atoms with Gasteiger partial charge in [-0.15, -0.1) is 0 Å². The number of halogens is 1. The Morgan fingerprint density at radius 3 is 2.54 bits per heavy atom. The Labute approximate surface area is 150 Å². The van der Waals surface area contributed by atoms with Crippen molar-refractivity contribution in [3.8, 4) is 5.69 Å². The Hall–Kier alpha value is -3.41. The molecule has 5 nitrogen and oxygen atoms in total. The average molecular weight is 351 g/mol. The topological polar surface area (TPSA) is 56.0 Å². The highest BCUT2D eigenvalue weighted by Crippen LogP contribution is 2.14. The summed E-state index contributed by atoms with van der Waals surface area (Å²) in [5, 5.41) is 2.62. The third-order valence-corrected chi connectivity index (χ3v) is 4.08. The van der Waals surface area contributed by atoms with Gasteiger partial charge >= 0.3 is 0 Å². The van der Waals surface area contributed by atoms with Gasteiger partial charge in [0.05, 0.1) is 11.4 Å².